The number of carbonyl (C=O) groups excluding carboxylic acids is 1. The normalized spacial score (nSPS) is 14.2. The van der Waals surface area contributed by atoms with E-state index in [0.717, 1.165) is 11.1 Å². The molecule has 0 bridgehead atoms. The molecule has 0 saturated carbocycles. The molecule has 2 aromatic carbocycles. The lowest BCUT2D eigenvalue weighted by atomic mass is 10.1. The van der Waals surface area contributed by atoms with E-state index in [1.807, 2.05) is 48.2 Å². The smallest absolute Gasteiger partial charge is 0.410 e. The van der Waals surface area contributed by atoms with Crippen LogP contribution >= 0.6 is 0 Å². The SMILES string of the molecule is Cc1ccc([N+](=O)[O-])c(N2CCN(C(=O)OCc3ccccc3)CC2)c1. The molecule has 1 aliphatic heterocycles. The average Bonchev–Trinajstić information content (AvgIpc) is 2.66. The summed E-state index contributed by atoms with van der Waals surface area (Å²) in [6.07, 6.45) is -0.354. The Bertz CT molecular complexity index is 787. The third-order valence-electron chi connectivity index (χ3n) is 4.41. The quantitative estimate of drug-likeness (QED) is 0.621. The molecule has 7 heteroatoms. The van der Waals surface area contributed by atoms with E-state index in [1.165, 1.54) is 6.07 Å². The number of hydrogen-bond acceptors (Lipinski definition) is 5. The van der Waals surface area contributed by atoms with Gasteiger partial charge in [0.05, 0.1) is 4.92 Å². The number of benzene rings is 2. The summed E-state index contributed by atoms with van der Waals surface area (Å²) in [6, 6.07) is 14.6. The maximum atomic E-state index is 12.2. The zero-order valence-corrected chi connectivity index (χ0v) is 14.6. The monoisotopic (exact) mass is 355 g/mol. The van der Waals surface area contributed by atoms with Gasteiger partial charge in [-0.05, 0) is 24.1 Å². The van der Waals surface area contributed by atoms with Gasteiger partial charge in [-0.1, -0.05) is 36.4 Å². The van der Waals surface area contributed by atoms with E-state index >= 15 is 0 Å². The molecule has 0 unspecified atom stereocenters. The van der Waals surface area contributed by atoms with Gasteiger partial charge < -0.3 is 14.5 Å². The van der Waals surface area contributed by atoms with Crippen LogP contribution in [-0.4, -0.2) is 42.1 Å². The van der Waals surface area contributed by atoms with Crippen LogP contribution in [0.1, 0.15) is 11.1 Å². The van der Waals surface area contributed by atoms with Crippen LogP contribution < -0.4 is 4.90 Å². The highest BCUT2D eigenvalue weighted by atomic mass is 16.6. The van der Waals surface area contributed by atoms with Gasteiger partial charge in [-0.15, -0.1) is 0 Å². The molecule has 136 valence electrons. The number of hydrogen-bond donors (Lipinski definition) is 0. The van der Waals surface area contributed by atoms with Crippen molar-refractivity contribution in [2.75, 3.05) is 31.1 Å². The number of aryl methyl sites for hydroxylation is 1. The van der Waals surface area contributed by atoms with Crippen LogP contribution in [0.4, 0.5) is 16.2 Å². The number of anilines is 1. The van der Waals surface area contributed by atoms with Crippen LogP contribution in [0.15, 0.2) is 48.5 Å². The summed E-state index contributed by atoms with van der Waals surface area (Å²) in [7, 11) is 0. The van der Waals surface area contributed by atoms with Gasteiger partial charge in [0, 0.05) is 32.2 Å². The minimum absolute atomic E-state index is 0.0932. The Morgan fingerprint density at radius 1 is 1.12 bits per heavy atom. The topological polar surface area (TPSA) is 75.9 Å². The molecule has 0 atom stereocenters. The number of ether oxygens (including phenoxy) is 1. The molecule has 1 aliphatic rings. The first-order chi connectivity index (χ1) is 12.5. The maximum absolute atomic E-state index is 12.2. The van der Waals surface area contributed by atoms with Gasteiger partial charge in [-0.25, -0.2) is 4.79 Å². The number of rotatable bonds is 4. The van der Waals surface area contributed by atoms with E-state index in [4.69, 9.17) is 4.74 Å². The second kappa shape index (κ2) is 7.86. The fourth-order valence-corrected chi connectivity index (χ4v) is 2.98. The molecule has 1 saturated heterocycles. The maximum Gasteiger partial charge on any atom is 0.410 e. The van der Waals surface area contributed by atoms with E-state index in [-0.39, 0.29) is 23.3 Å². The molecule has 0 radical (unpaired) electrons. The minimum atomic E-state index is -0.366. The Kier molecular flexibility index (Phi) is 5.36. The van der Waals surface area contributed by atoms with Gasteiger partial charge in [0.1, 0.15) is 12.3 Å². The van der Waals surface area contributed by atoms with Crippen molar-refractivity contribution in [3.63, 3.8) is 0 Å². The first kappa shape index (κ1) is 17.7. The van der Waals surface area contributed by atoms with Crippen LogP contribution in [0.25, 0.3) is 0 Å². The molecule has 0 aromatic heterocycles. The van der Waals surface area contributed by atoms with Gasteiger partial charge >= 0.3 is 6.09 Å². The molecule has 1 heterocycles. The van der Waals surface area contributed by atoms with Crippen molar-refractivity contribution in [2.24, 2.45) is 0 Å². The lowest BCUT2D eigenvalue weighted by Crippen LogP contribution is -2.49. The van der Waals surface area contributed by atoms with Crippen LogP contribution in [0, 0.1) is 17.0 Å². The molecule has 0 spiro atoms. The van der Waals surface area contributed by atoms with Gasteiger partial charge in [-0.3, -0.25) is 10.1 Å². The van der Waals surface area contributed by atoms with Gasteiger partial charge in [-0.2, -0.15) is 0 Å². The Labute approximate surface area is 151 Å². The lowest BCUT2D eigenvalue weighted by molar-refractivity contribution is -0.384. The summed E-state index contributed by atoms with van der Waals surface area (Å²) in [6.45, 7) is 4.15. The average molecular weight is 355 g/mol. The predicted octanol–water partition coefficient (Wildman–Crippen LogP) is 3.36. The molecule has 1 amide bonds. The third kappa shape index (κ3) is 4.11. The molecule has 2 aromatic rings. The minimum Gasteiger partial charge on any atom is -0.445 e. The Morgan fingerprint density at radius 3 is 2.46 bits per heavy atom. The number of nitro groups is 1. The van der Waals surface area contributed by atoms with Gasteiger partial charge in [0.25, 0.3) is 5.69 Å². The first-order valence-electron chi connectivity index (χ1n) is 8.50. The number of nitro benzene ring substituents is 1. The lowest BCUT2D eigenvalue weighted by Gasteiger charge is -2.35. The molecule has 3 rings (SSSR count). The van der Waals surface area contributed by atoms with E-state index < -0.39 is 0 Å². The highest BCUT2D eigenvalue weighted by Crippen LogP contribution is 2.30. The predicted molar refractivity (Wildman–Crippen MR) is 98.2 cm³/mol. The fourth-order valence-electron chi connectivity index (χ4n) is 2.98. The highest BCUT2D eigenvalue weighted by molar-refractivity contribution is 5.69. The van der Waals surface area contributed by atoms with Gasteiger partial charge in [0.15, 0.2) is 0 Å². The third-order valence-corrected chi connectivity index (χ3v) is 4.41. The summed E-state index contributed by atoms with van der Waals surface area (Å²) < 4.78 is 5.35. The zero-order chi connectivity index (χ0) is 18.5. The first-order valence-corrected chi connectivity index (χ1v) is 8.50. The van der Waals surface area contributed by atoms with Crippen molar-refractivity contribution in [3.8, 4) is 0 Å². The Balaban J connectivity index is 1.58. The van der Waals surface area contributed by atoms with E-state index in [2.05, 4.69) is 0 Å². The number of amides is 1. The van der Waals surface area contributed by atoms with Gasteiger partial charge in [0.2, 0.25) is 0 Å². The zero-order valence-electron chi connectivity index (χ0n) is 14.6. The number of nitrogens with zero attached hydrogens (tertiary/aromatic N) is 3. The second-order valence-electron chi connectivity index (χ2n) is 6.26. The summed E-state index contributed by atoms with van der Waals surface area (Å²) in [5.74, 6) is 0. The molecule has 26 heavy (non-hydrogen) atoms. The van der Waals surface area contributed by atoms with Crippen LogP contribution in [0.2, 0.25) is 0 Å². The molecular formula is C19H21N3O4. The van der Waals surface area contributed by atoms with Crippen LogP contribution in [-0.2, 0) is 11.3 Å². The van der Waals surface area contributed by atoms with Crippen LogP contribution in [0.5, 0.6) is 0 Å². The van der Waals surface area contributed by atoms with Crippen molar-refractivity contribution >= 4 is 17.5 Å². The van der Waals surface area contributed by atoms with E-state index in [9.17, 15) is 14.9 Å². The van der Waals surface area contributed by atoms with Crippen molar-refractivity contribution in [1.29, 1.82) is 0 Å². The van der Waals surface area contributed by atoms with Crippen molar-refractivity contribution in [2.45, 2.75) is 13.5 Å². The van der Waals surface area contributed by atoms with E-state index in [1.54, 1.807) is 11.0 Å². The molecule has 0 aliphatic carbocycles. The molecule has 1 fully saturated rings. The fraction of sp³-hybridized carbons (Fsp3) is 0.316. The summed E-state index contributed by atoms with van der Waals surface area (Å²) in [5.41, 5.74) is 2.60. The Morgan fingerprint density at radius 2 is 1.81 bits per heavy atom. The molecular weight excluding hydrogens is 334 g/mol. The van der Waals surface area contributed by atoms with Crippen molar-refractivity contribution in [1.82, 2.24) is 4.90 Å². The van der Waals surface area contributed by atoms with Crippen molar-refractivity contribution < 1.29 is 14.5 Å². The Hall–Kier alpha value is -3.09. The summed E-state index contributed by atoms with van der Waals surface area (Å²) in [4.78, 5) is 26.7. The number of piperazine rings is 1. The number of carbonyl (C=O) groups is 1. The van der Waals surface area contributed by atoms with E-state index in [0.29, 0.717) is 31.9 Å². The van der Waals surface area contributed by atoms with Crippen molar-refractivity contribution in [3.05, 3.63) is 69.8 Å². The molecule has 0 N–H and O–H groups in total. The molecule has 7 nitrogen and oxygen atoms in total. The summed E-state index contributed by atoms with van der Waals surface area (Å²) in [5, 5.41) is 11.3. The largest absolute Gasteiger partial charge is 0.445 e. The standard InChI is InChI=1S/C19H21N3O4/c1-15-7-8-17(22(24)25)18(13-15)20-9-11-21(12-10-20)19(23)26-14-16-5-3-2-4-6-16/h2-8,13H,9-12,14H2,1H3. The highest BCUT2D eigenvalue weighted by Gasteiger charge is 2.26. The summed E-state index contributed by atoms with van der Waals surface area (Å²) >= 11 is 0. The van der Waals surface area contributed by atoms with Crippen LogP contribution in [0.3, 0.4) is 0 Å². The second-order valence-corrected chi connectivity index (χ2v) is 6.26.